The first-order valence-corrected chi connectivity index (χ1v) is 6.47. The van der Waals surface area contributed by atoms with E-state index in [9.17, 15) is 9.59 Å². The van der Waals surface area contributed by atoms with Gasteiger partial charge in [-0.25, -0.2) is 4.98 Å². The topological polar surface area (TPSA) is 84.2 Å². The molecule has 0 radical (unpaired) electrons. The lowest BCUT2D eigenvalue weighted by atomic mass is 10.1. The molecule has 0 bridgehead atoms. The number of carbonyl (C=O) groups is 1. The van der Waals surface area contributed by atoms with Crippen molar-refractivity contribution in [2.24, 2.45) is 0 Å². The molecule has 0 aliphatic heterocycles. The molecule has 106 valence electrons. The number of carboxylic acids is 1. The van der Waals surface area contributed by atoms with Crippen molar-refractivity contribution in [3.63, 3.8) is 0 Å². The number of nitrogens with one attached hydrogen (secondary N) is 1. The van der Waals surface area contributed by atoms with Crippen molar-refractivity contribution in [1.82, 2.24) is 9.55 Å². The number of nitrogens with zero attached hydrogens (tertiary/aromatic N) is 2. The van der Waals surface area contributed by atoms with Crippen LogP contribution in [0.3, 0.4) is 0 Å². The molecule has 0 saturated heterocycles. The van der Waals surface area contributed by atoms with Gasteiger partial charge in [0, 0.05) is 30.9 Å². The van der Waals surface area contributed by atoms with Gasteiger partial charge >= 0.3 is 5.97 Å². The van der Waals surface area contributed by atoms with Crippen molar-refractivity contribution in [2.45, 2.75) is 52.1 Å². The molecular formula is C13H21N3O3. The van der Waals surface area contributed by atoms with Gasteiger partial charge in [-0.2, -0.15) is 0 Å². The van der Waals surface area contributed by atoms with Crippen LogP contribution in [0.5, 0.6) is 0 Å². The second-order valence-corrected chi connectivity index (χ2v) is 4.91. The Morgan fingerprint density at radius 3 is 2.74 bits per heavy atom. The smallest absolute Gasteiger partial charge is 0.303 e. The zero-order chi connectivity index (χ0) is 14.4. The predicted molar refractivity (Wildman–Crippen MR) is 73.5 cm³/mol. The molecule has 19 heavy (non-hydrogen) atoms. The van der Waals surface area contributed by atoms with Crippen LogP contribution in [0.25, 0.3) is 0 Å². The molecule has 1 unspecified atom stereocenters. The van der Waals surface area contributed by atoms with E-state index in [2.05, 4.69) is 10.3 Å². The molecular weight excluding hydrogens is 246 g/mol. The molecule has 2 N–H and O–H groups in total. The summed E-state index contributed by atoms with van der Waals surface area (Å²) in [5, 5.41) is 11.6. The Bertz CT molecular complexity index is 482. The Labute approximate surface area is 112 Å². The number of anilines is 1. The van der Waals surface area contributed by atoms with Gasteiger partial charge in [0.15, 0.2) is 5.82 Å². The summed E-state index contributed by atoms with van der Waals surface area (Å²) < 4.78 is 1.61. The average molecular weight is 267 g/mol. The van der Waals surface area contributed by atoms with Gasteiger partial charge in [-0.1, -0.05) is 0 Å². The Balaban J connectivity index is 2.64. The molecule has 6 nitrogen and oxygen atoms in total. The minimum absolute atomic E-state index is 0.0163. The molecule has 0 aliphatic rings. The Morgan fingerprint density at radius 1 is 1.47 bits per heavy atom. The zero-order valence-corrected chi connectivity index (χ0v) is 11.6. The first kappa shape index (κ1) is 15.2. The first-order valence-electron chi connectivity index (χ1n) is 6.47. The molecule has 1 atom stereocenters. The van der Waals surface area contributed by atoms with Gasteiger partial charge in [0.1, 0.15) is 0 Å². The van der Waals surface area contributed by atoms with E-state index in [1.807, 2.05) is 20.8 Å². The minimum Gasteiger partial charge on any atom is -0.481 e. The summed E-state index contributed by atoms with van der Waals surface area (Å²) in [6, 6.07) is 0.0981. The molecule has 0 aromatic carbocycles. The van der Waals surface area contributed by atoms with Crippen LogP contribution in [0.2, 0.25) is 0 Å². The van der Waals surface area contributed by atoms with Crippen LogP contribution >= 0.6 is 0 Å². The molecule has 0 saturated carbocycles. The summed E-state index contributed by atoms with van der Waals surface area (Å²) in [6.45, 7) is 5.78. The van der Waals surface area contributed by atoms with E-state index < -0.39 is 5.97 Å². The van der Waals surface area contributed by atoms with Crippen molar-refractivity contribution >= 4 is 11.8 Å². The van der Waals surface area contributed by atoms with Crippen LogP contribution in [-0.4, -0.2) is 26.7 Å². The normalized spacial score (nSPS) is 12.4. The maximum absolute atomic E-state index is 12.1. The third-order valence-electron chi connectivity index (χ3n) is 2.84. The summed E-state index contributed by atoms with van der Waals surface area (Å²) in [7, 11) is 0. The van der Waals surface area contributed by atoms with Gasteiger partial charge in [0.05, 0.1) is 0 Å². The number of carboxylic acid groups (broad SMARTS) is 1. The summed E-state index contributed by atoms with van der Waals surface area (Å²) in [6.07, 6.45) is 4.66. The molecule has 0 spiro atoms. The molecule has 0 amide bonds. The fourth-order valence-corrected chi connectivity index (χ4v) is 1.80. The van der Waals surface area contributed by atoms with E-state index in [0.29, 0.717) is 18.7 Å². The van der Waals surface area contributed by atoms with Gasteiger partial charge in [-0.3, -0.25) is 9.59 Å². The van der Waals surface area contributed by atoms with Gasteiger partial charge < -0.3 is 15.0 Å². The van der Waals surface area contributed by atoms with Crippen LogP contribution < -0.4 is 10.9 Å². The fraction of sp³-hybridized carbons (Fsp3) is 0.615. The summed E-state index contributed by atoms with van der Waals surface area (Å²) >= 11 is 0. The van der Waals surface area contributed by atoms with E-state index >= 15 is 0 Å². The Hall–Kier alpha value is -1.85. The molecule has 0 aliphatic carbocycles. The van der Waals surface area contributed by atoms with E-state index in [1.165, 1.54) is 0 Å². The van der Waals surface area contributed by atoms with Crippen molar-refractivity contribution in [3.05, 3.63) is 22.7 Å². The SMILES string of the molecule is CC(CCCC(=O)O)Nc1nccn(C(C)C)c1=O. The lowest BCUT2D eigenvalue weighted by molar-refractivity contribution is -0.137. The minimum atomic E-state index is -0.799. The summed E-state index contributed by atoms with van der Waals surface area (Å²) in [5.41, 5.74) is -0.150. The van der Waals surface area contributed by atoms with E-state index in [1.54, 1.807) is 17.0 Å². The maximum Gasteiger partial charge on any atom is 0.303 e. The lowest BCUT2D eigenvalue weighted by Crippen LogP contribution is -2.28. The molecule has 1 aromatic rings. The van der Waals surface area contributed by atoms with Gasteiger partial charge in [-0.15, -0.1) is 0 Å². The van der Waals surface area contributed by atoms with Gasteiger partial charge in [0.2, 0.25) is 0 Å². The van der Waals surface area contributed by atoms with Crippen LogP contribution in [0.15, 0.2) is 17.2 Å². The largest absolute Gasteiger partial charge is 0.481 e. The molecule has 1 rings (SSSR count). The summed E-state index contributed by atoms with van der Waals surface area (Å²) in [5.74, 6) is -0.480. The standard InChI is InChI=1S/C13H21N3O3/c1-9(2)16-8-7-14-12(13(16)19)15-10(3)5-4-6-11(17)18/h7-10H,4-6H2,1-3H3,(H,14,15)(H,17,18). The maximum atomic E-state index is 12.1. The number of hydrogen-bond donors (Lipinski definition) is 2. The zero-order valence-electron chi connectivity index (χ0n) is 11.6. The van der Waals surface area contributed by atoms with Crippen molar-refractivity contribution in [3.8, 4) is 0 Å². The van der Waals surface area contributed by atoms with Gasteiger partial charge in [0.25, 0.3) is 5.56 Å². The van der Waals surface area contributed by atoms with Crippen molar-refractivity contribution < 1.29 is 9.90 Å². The van der Waals surface area contributed by atoms with E-state index in [-0.39, 0.29) is 24.1 Å². The summed E-state index contributed by atoms with van der Waals surface area (Å²) in [4.78, 5) is 26.5. The number of rotatable bonds is 7. The monoisotopic (exact) mass is 267 g/mol. The third-order valence-corrected chi connectivity index (χ3v) is 2.84. The van der Waals surface area contributed by atoms with Crippen molar-refractivity contribution in [1.29, 1.82) is 0 Å². The second-order valence-electron chi connectivity index (χ2n) is 4.91. The Morgan fingerprint density at radius 2 is 2.16 bits per heavy atom. The van der Waals surface area contributed by atoms with E-state index in [0.717, 1.165) is 0 Å². The Kier molecular flexibility index (Phi) is 5.54. The number of hydrogen-bond acceptors (Lipinski definition) is 4. The number of aliphatic carboxylic acids is 1. The predicted octanol–water partition coefficient (Wildman–Crippen LogP) is 1.88. The highest BCUT2D eigenvalue weighted by molar-refractivity contribution is 5.66. The third kappa shape index (κ3) is 4.73. The second kappa shape index (κ2) is 6.92. The molecule has 1 heterocycles. The molecule has 6 heteroatoms. The van der Waals surface area contributed by atoms with Crippen LogP contribution in [0.4, 0.5) is 5.82 Å². The van der Waals surface area contributed by atoms with Crippen LogP contribution in [-0.2, 0) is 4.79 Å². The molecule has 0 fully saturated rings. The van der Waals surface area contributed by atoms with Crippen LogP contribution in [0.1, 0.15) is 46.1 Å². The van der Waals surface area contributed by atoms with E-state index in [4.69, 9.17) is 5.11 Å². The number of aromatic nitrogens is 2. The molecule has 1 aromatic heterocycles. The highest BCUT2D eigenvalue weighted by Gasteiger charge is 2.10. The highest BCUT2D eigenvalue weighted by atomic mass is 16.4. The van der Waals surface area contributed by atoms with Crippen LogP contribution in [0, 0.1) is 0 Å². The lowest BCUT2D eigenvalue weighted by Gasteiger charge is -2.15. The average Bonchev–Trinajstić information content (AvgIpc) is 2.31. The highest BCUT2D eigenvalue weighted by Crippen LogP contribution is 2.07. The first-order chi connectivity index (χ1) is 8.91. The van der Waals surface area contributed by atoms with Gasteiger partial charge in [-0.05, 0) is 33.6 Å². The quantitative estimate of drug-likeness (QED) is 0.788. The fourth-order valence-electron chi connectivity index (χ4n) is 1.80. The van der Waals surface area contributed by atoms with Crippen molar-refractivity contribution in [2.75, 3.05) is 5.32 Å².